The highest BCUT2D eigenvalue weighted by Gasteiger charge is 2.30. The summed E-state index contributed by atoms with van der Waals surface area (Å²) >= 11 is 0. The molecule has 0 saturated heterocycles. The van der Waals surface area contributed by atoms with Crippen molar-refractivity contribution in [2.24, 2.45) is 0 Å². The minimum atomic E-state index is -4.48. The summed E-state index contributed by atoms with van der Waals surface area (Å²) in [6.07, 6.45) is 4.51. The summed E-state index contributed by atoms with van der Waals surface area (Å²) in [4.78, 5) is 12.6. The summed E-state index contributed by atoms with van der Waals surface area (Å²) < 4.78 is 88.8. The second-order valence-corrected chi connectivity index (χ2v) is 13.2. The first kappa shape index (κ1) is 48.6. The van der Waals surface area contributed by atoms with E-state index in [0.29, 0.717) is 98.2 Å². The third-order valence-corrected chi connectivity index (χ3v) is 8.55. The third-order valence-electron chi connectivity index (χ3n) is 8.55. The molecule has 0 heterocycles. The van der Waals surface area contributed by atoms with Crippen molar-refractivity contribution in [1.82, 2.24) is 0 Å². The van der Waals surface area contributed by atoms with E-state index in [1.165, 1.54) is 62.3 Å². The quantitative estimate of drug-likeness (QED) is 0.0455. The monoisotopic (exact) mass is 821 g/mol. The van der Waals surface area contributed by atoms with Crippen LogP contribution in [0.25, 0.3) is 0 Å². The van der Waals surface area contributed by atoms with Gasteiger partial charge in [-0.25, -0.2) is 4.79 Å². The maximum absolute atomic E-state index is 13.1. The Balaban J connectivity index is 1.02. The summed E-state index contributed by atoms with van der Waals surface area (Å²) in [5.74, 6) is 0.239. The van der Waals surface area contributed by atoms with Crippen LogP contribution in [0.15, 0.2) is 72.8 Å². The van der Waals surface area contributed by atoms with Crippen LogP contribution in [0.3, 0.4) is 0 Å². The molecule has 324 valence electrons. The highest BCUT2D eigenvalue weighted by molar-refractivity contribution is 5.96. The molecular weight excluding hydrogens is 759 g/mol. The van der Waals surface area contributed by atoms with E-state index < -0.39 is 17.7 Å². The summed E-state index contributed by atoms with van der Waals surface area (Å²) in [7, 11) is 0. The Hall–Kier alpha value is -3.76. The zero-order chi connectivity index (χ0) is 41.4. The highest BCUT2D eigenvalue weighted by atomic mass is 19.4. The molecular formula is C44H62F3NO10. The molecule has 58 heavy (non-hydrogen) atoms. The van der Waals surface area contributed by atoms with E-state index >= 15 is 0 Å². The van der Waals surface area contributed by atoms with Gasteiger partial charge in [0.25, 0.3) is 0 Å². The SMILES string of the molecule is CCCCCCCCc1ccc(OCCOCCOCCOCCOCCOCCOCCOCCOC(=O)c2ccccc2Nc2cccc(C(F)(F)F)c2)cc1. The molecule has 0 aromatic heterocycles. The Bertz CT molecular complexity index is 1480. The van der Waals surface area contributed by atoms with E-state index in [0.717, 1.165) is 24.3 Å². The summed E-state index contributed by atoms with van der Waals surface area (Å²) in [6.45, 7) is 8.61. The number of carbonyl (C=O) groups excluding carboxylic acids is 1. The lowest BCUT2D eigenvalue weighted by Crippen LogP contribution is -2.16. The van der Waals surface area contributed by atoms with Crippen LogP contribution in [-0.4, -0.2) is 112 Å². The Morgan fingerprint density at radius 1 is 0.552 bits per heavy atom. The second-order valence-electron chi connectivity index (χ2n) is 13.2. The van der Waals surface area contributed by atoms with E-state index in [2.05, 4.69) is 24.4 Å². The predicted molar refractivity (Wildman–Crippen MR) is 216 cm³/mol. The number of alkyl halides is 3. The minimum absolute atomic E-state index is 0.000831. The number of ether oxygens (including phenoxy) is 9. The van der Waals surface area contributed by atoms with Crippen LogP contribution < -0.4 is 10.1 Å². The van der Waals surface area contributed by atoms with E-state index in [-0.39, 0.29) is 24.5 Å². The Morgan fingerprint density at radius 2 is 1.05 bits per heavy atom. The molecule has 0 bridgehead atoms. The van der Waals surface area contributed by atoms with Gasteiger partial charge in [-0.1, -0.05) is 69.4 Å². The van der Waals surface area contributed by atoms with Gasteiger partial charge in [-0.15, -0.1) is 0 Å². The number of esters is 1. The van der Waals surface area contributed by atoms with E-state index in [9.17, 15) is 18.0 Å². The van der Waals surface area contributed by atoms with E-state index in [4.69, 9.17) is 42.6 Å². The number of rotatable bonds is 35. The molecule has 0 aliphatic rings. The topological polar surface area (TPSA) is 112 Å². The molecule has 0 unspecified atom stereocenters. The Kier molecular flexibility index (Phi) is 26.1. The van der Waals surface area contributed by atoms with Gasteiger partial charge in [-0.3, -0.25) is 0 Å². The van der Waals surface area contributed by atoms with Crippen molar-refractivity contribution in [3.63, 3.8) is 0 Å². The van der Waals surface area contributed by atoms with Gasteiger partial charge in [0.05, 0.1) is 109 Å². The fourth-order valence-electron chi connectivity index (χ4n) is 5.47. The molecule has 3 rings (SSSR count). The van der Waals surface area contributed by atoms with Gasteiger partial charge in [0.15, 0.2) is 0 Å². The lowest BCUT2D eigenvalue weighted by atomic mass is 10.0. The number of unbranched alkanes of at least 4 members (excludes halogenated alkanes) is 5. The average Bonchev–Trinajstić information content (AvgIpc) is 3.22. The number of nitrogens with one attached hydrogen (secondary N) is 1. The molecule has 11 nitrogen and oxygen atoms in total. The van der Waals surface area contributed by atoms with Crippen molar-refractivity contribution >= 4 is 17.3 Å². The van der Waals surface area contributed by atoms with Gasteiger partial charge in [0.1, 0.15) is 19.0 Å². The molecule has 14 heteroatoms. The van der Waals surface area contributed by atoms with Crippen LogP contribution >= 0.6 is 0 Å². The number of hydrogen-bond acceptors (Lipinski definition) is 11. The predicted octanol–water partition coefficient (Wildman–Crippen LogP) is 8.70. The van der Waals surface area contributed by atoms with Crippen LogP contribution in [-0.2, 0) is 50.5 Å². The van der Waals surface area contributed by atoms with Crippen LogP contribution in [0, 0.1) is 0 Å². The zero-order valence-electron chi connectivity index (χ0n) is 33.9. The molecule has 3 aromatic rings. The number of hydrogen-bond donors (Lipinski definition) is 1. The van der Waals surface area contributed by atoms with Crippen molar-refractivity contribution < 1.29 is 60.6 Å². The number of aryl methyl sites for hydroxylation is 1. The first-order chi connectivity index (χ1) is 28.4. The molecule has 0 spiro atoms. The molecule has 0 amide bonds. The lowest BCUT2D eigenvalue weighted by molar-refractivity contribution is -0.137. The van der Waals surface area contributed by atoms with Crippen LogP contribution in [0.4, 0.5) is 24.5 Å². The molecule has 0 atom stereocenters. The van der Waals surface area contributed by atoms with Gasteiger partial charge in [0, 0.05) is 5.69 Å². The van der Waals surface area contributed by atoms with Gasteiger partial charge in [-0.2, -0.15) is 13.2 Å². The first-order valence-electron chi connectivity index (χ1n) is 20.3. The van der Waals surface area contributed by atoms with Crippen LogP contribution in [0.1, 0.15) is 66.9 Å². The molecule has 0 fully saturated rings. The number of anilines is 2. The number of benzene rings is 3. The number of carbonyl (C=O) groups is 1. The molecule has 1 N–H and O–H groups in total. The van der Waals surface area contributed by atoms with Crippen molar-refractivity contribution in [2.75, 3.05) is 111 Å². The molecule has 0 aliphatic heterocycles. The summed E-state index contributed by atoms with van der Waals surface area (Å²) in [5, 5.41) is 2.86. The van der Waals surface area contributed by atoms with Gasteiger partial charge < -0.3 is 47.9 Å². The maximum atomic E-state index is 13.1. The average molecular weight is 822 g/mol. The van der Waals surface area contributed by atoms with Crippen molar-refractivity contribution in [3.05, 3.63) is 89.5 Å². The van der Waals surface area contributed by atoms with Crippen LogP contribution in [0.2, 0.25) is 0 Å². The zero-order valence-corrected chi connectivity index (χ0v) is 33.9. The van der Waals surface area contributed by atoms with E-state index in [1.54, 1.807) is 18.2 Å². The molecule has 0 aliphatic carbocycles. The van der Waals surface area contributed by atoms with Crippen molar-refractivity contribution in [2.45, 2.75) is 58.0 Å². The standard InChI is InChI=1S/C44H62F3NO10/c1-2-3-4-5-6-7-11-37-16-18-40(19-17-37)57-34-32-55-30-28-53-26-24-51-22-20-50-21-23-52-25-27-54-29-31-56-33-35-58-43(49)41-14-8-9-15-42(41)48-39-13-10-12-38(36-39)44(45,46)47/h8-10,12-19,36,48H,2-7,11,20-35H2,1H3. The van der Waals surface area contributed by atoms with Crippen molar-refractivity contribution in [3.8, 4) is 5.75 Å². The smallest absolute Gasteiger partial charge is 0.416 e. The maximum Gasteiger partial charge on any atom is 0.416 e. The third kappa shape index (κ3) is 23.0. The molecule has 0 saturated carbocycles. The normalized spacial score (nSPS) is 11.5. The Morgan fingerprint density at radius 3 is 1.60 bits per heavy atom. The number of halogens is 3. The largest absolute Gasteiger partial charge is 0.491 e. The summed E-state index contributed by atoms with van der Waals surface area (Å²) in [5.41, 5.74) is 1.28. The second kappa shape index (κ2) is 31.2. The first-order valence-corrected chi connectivity index (χ1v) is 20.3. The lowest BCUT2D eigenvalue weighted by Gasteiger charge is -2.13. The molecule has 3 aromatic carbocycles. The summed E-state index contributed by atoms with van der Waals surface area (Å²) in [6, 6.07) is 19.5. The highest BCUT2D eigenvalue weighted by Crippen LogP contribution is 2.32. The fraction of sp³-hybridized carbons (Fsp3) is 0.568. The Labute approximate surface area is 341 Å². The molecule has 0 radical (unpaired) electrons. The van der Waals surface area contributed by atoms with Gasteiger partial charge >= 0.3 is 12.1 Å². The van der Waals surface area contributed by atoms with Gasteiger partial charge in [-0.05, 0) is 60.9 Å². The number of para-hydroxylation sites is 1. The van der Waals surface area contributed by atoms with Crippen molar-refractivity contribution in [1.29, 1.82) is 0 Å². The van der Waals surface area contributed by atoms with E-state index in [1.807, 2.05) is 12.1 Å². The van der Waals surface area contributed by atoms with Crippen LogP contribution in [0.5, 0.6) is 5.75 Å². The van der Waals surface area contributed by atoms with Gasteiger partial charge in [0.2, 0.25) is 0 Å². The minimum Gasteiger partial charge on any atom is -0.491 e. The fourth-order valence-corrected chi connectivity index (χ4v) is 5.47.